The molecule has 0 aromatic carbocycles. The van der Waals surface area contributed by atoms with Crippen LogP contribution in [0.2, 0.25) is 0 Å². The Morgan fingerprint density at radius 1 is 1.36 bits per heavy atom. The van der Waals surface area contributed by atoms with Crippen LogP contribution < -0.4 is 0 Å². The summed E-state index contributed by atoms with van der Waals surface area (Å²) in [5, 5.41) is 9.89. The fraction of sp³-hybridized carbons (Fsp3) is 1.00. The molecule has 2 heteroatoms. The van der Waals surface area contributed by atoms with Gasteiger partial charge in [-0.15, -0.1) is 0 Å². The fourth-order valence-electron chi connectivity index (χ4n) is 2.43. The zero-order valence-electron chi connectivity index (χ0n) is 9.54. The van der Waals surface area contributed by atoms with E-state index in [1.165, 1.54) is 32.1 Å². The molecule has 1 aliphatic rings. The van der Waals surface area contributed by atoms with Crippen molar-refractivity contribution >= 4 is 0 Å². The number of aliphatic hydroxyl groups excluding tert-OH is 1. The highest BCUT2D eigenvalue weighted by Gasteiger charge is 2.26. The van der Waals surface area contributed by atoms with Crippen molar-refractivity contribution in [2.75, 3.05) is 13.2 Å². The summed E-state index contributed by atoms with van der Waals surface area (Å²) in [6, 6.07) is 0. The Balaban J connectivity index is 2.27. The number of hydrogen-bond acceptors (Lipinski definition) is 2. The number of ether oxygens (including phenoxy) is 1. The number of hydrogen-bond donors (Lipinski definition) is 1. The van der Waals surface area contributed by atoms with Crippen LogP contribution in [-0.2, 0) is 4.74 Å². The van der Waals surface area contributed by atoms with Gasteiger partial charge < -0.3 is 9.84 Å². The summed E-state index contributed by atoms with van der Waals surface area (Å²) in [7, 11) is 0. The summed E-state index contributed by atoms with van der Waals surface area (Å²) in [4.78, 5) is 0. The van der Waals surface area contributed by atoms with Gasteiger partial charge in [-0.3, -0.25) is 0 Å². The van der Waals surface area contributed by atoms with Crippen LogP contribution in [0.3, 0.4) is 0 Å². The highest BCUT2D eigenvalue weighted by Crippen LogP contribution is 2.32. The maximum absolute atomic E-state index is 9.89. The first-order valence-electron chi connectivity index (χ1n) is 6.03. The Morgan fingerprint density at radius 2 is 2.14 bits per heavy atom. The molecule has 14 heavy (non-hydrogen) atoms. The van der Waals surface area contributed by atoms with Gasteiger partial charge in [0.1, 0.15) is 0 Å². The van der Waals surface area contributed by atoms with Crippen molar-refractivity contribution in [3.63, 3.8) is 0 Å². The van der Waals surface area contributed by atoms with Crippen LogP contribution >= 0.6 is 0 Å². The summed E-state index contributed by atoms with van der Waals surface area (Å²) >= 11 is 0. The van der Waals surface area contributed by atoms with E-state index in [-0.39, 0.29) is 6.10 Å². The van der Waals surface area contributed by atoms with Crippen LogP contribution in [0.4, 0.5) is 0 Å². The van der Waals surface area contributed by atoms with E-state index in [9.17, 15) is 5.11 Å². The third-order valence-corrected chi connectivity index (χ3v) is 3.44. The van der Waals surface area contributed by atoms with Gasteiger partial charge in [0.25, 0.3) is 0 Å². The van der Waals surface area contributed by atoms with Crippen molar-refractivity contribution in [2.45, 2.75) is 52.1 Å². The number of aliphatic hydroxyl groups is 1. The van der Waals surface area contributed by atoms with E-state index in [0.717, 1.165) is 5.92 Å². The first-order chi connectivity index (χ1) is 6.77. The topological polar surface area (TPSA) is 29.5 Å². The SMILES string of the molecule is CCOCC(O)C1CCCC(CC)C1. The molecule has 2 nitrogen and oxygen atoms in total. The Bertz CT molecular complexity index is 147. The summed E-state index contributed by atoms with van der Waals surface area (Å²) in [6.07, 6.45) is 6.05. The van der Waals surface area contributed by atoms with Gasteiger partial charge in [0, 0.05) is 6.61 Å². The van der Waals surface area contributed by atoms with Crippen LogP contribution in [0.5, 0.6) is 0 Å². The second kappa shape index (κ2) is 6.41. The van der Waals surface area contributed by atoms with Gasteiger partial charge in [0.2, 0.25) is 0 Å². The van der Waals surface area contributed by atoms with Gasteiger partial charge in [-0.1, -0.05) is 26.2 Å². The second-order valence-electron chi connectivity index (χ2n) is 4.43. The van der Waals surface area contributed by atoms with E-state index in [4.69, 9.17) is 4.74 Å². The molecule has 1 saturated carbocycles. The molecule has 0 amide bonds. The molecule has 0 spiro atoms. The van der Waals surface area contributed by atoms with Crippen LogP contribution in [0.1, 0.15) is 46.0 Å². The van der Waals surface area contributed by atoms with Crippen LogP contribution in [0, 0.1) is 11.8 Å². The molecule has 0 saturated heterocycles. The van der Waals surface area contributed by atoms with E-state index in [1.54, 1.807) is 0 Å². The van der Waals surface area contributed by atoms with Gasteiger partial charge in [0.05, 0.1) is 12.7 Å². The fourth-order valence-corrected chi connectivity index (χ4v) is 2.43. The Labute approximate surface area is 87.7 Å². The standard InChI is InChI=1S/C12H24O2/c1-3-10-6-5-7-11(8-10)12(13)9-14-4-2/h10-13H,3-9H2,1-2H3. The lowest BCUT2D eigenvalue weighted by atomic mass is 9.78. The molecule has 3 unspecified atom stereocenters. The molecule has 1 fully saturated rings. The molecule has 0 bridgehead atoms. The van der Waals surface area contributed by atoms with Crippen LogP contribution in [0.15, 0.2) is 0 Å². The van der Waals surface area contributed by atoms with Crippen molar-refractivity contribution in [3.8, 4) is 0 Å². The van der Waals surface area contributed by atoms with E-state index < -0.39 is 0 Å². The molecule has 84 valence electrons. The van der Waals surface area contributed by atoms with E-state index in [2.05, 4.69) is 6.92 Å². The van der Waals surface area contributed by atoms with E-state index in [0.29, 0.717) is 19.1 Å². The molecule has 0 heterocycles. The summed E-state index contributed by atoms with van der Waals surface area (Å²) in [5.74, 6) is 1.32. The largest absolute Gasteiger partial charge is 0.390 e. The lowest BCUT2D eigenvalue weighted by molar-refractivity contribution is -0.00791. The van der Waals surface area contributed by atoms with Gasteiger partial charge in [-0.25, -0.2) is 0 Å². The third-order valence-electron chi connectivity index (χ3n) is 3.44. The maximum atomic E-state index is 9.89. The summed E-state index contributed by atoms with van der Waals surface area (Å²) in [6.45, 7) is 5.46. The monoisotopic (exact) mass is 200 g/mol. The third kappa shape index (κ3) is 3.58. The lowest BCUT2D eigenvalue weighted by Crippen LogP contribution is -2.30. The second-order valence-corrected chi connectivity index (χ2v) is 4.43. The Kier molecular flexibility index (Phi) is 5.49. The van der Waals surface area contributed by atoms with Gasteiger partial charge in [-0.05, 0) is 31.6 Å². The van der Waals surface area contributed by atoms with Crippen molar-refractivity contribution in [2.24, 2.45) is 11.8 Å². The molecule has 1 N–H and O–H groups in total. The molecule has 1 rings (SSSR count). The smallest absolute Gasteiger partial charge is 0.0801 e. The highest BCUT2D eigenvalue weighted by atomic mass is 16.5. The normalized spacial score (nSPS) is 30.2. The minimum Gasteiger partial charge on any atom is -0.390 e. The molecule has 0 radical (unpaired) electrons. The average molecular weight is 200 g/mol. The van der Waals surface area contributed by atoms with E-state index in [1.807, 2.05) is 6.92 Å². The quantitative estimate of drug-likeness (QED) is 0.739. The summed E-state index contributed by atoms with van der Waals surface area (Å²) in [5.41, 5.74) is 0. The lowest BCUT2D eigenvalue weighted by Gasteiger charge is -2.31. The zero-order chi connectivity index (χ0) is 10.4. The summed E-state index contributed by atoms with van der Waals surface area (Å²) < 4.78 is 5.27. The highest BCUT2D eigenvalue weighted by molar-refractivity contribution is 4.77. The molecule has 1 aliphatic carbocycles. The number of rotatable bonds is 5. The van der Waals surface area contributed by atoms with Gasteiger partial charge in [-0.2, -0.15) is 0 Å². The van der Waals surface area contributed by atoms with Crippen molar-refractivity contribution in [3.05, 3.63) is 0 Å². The molecular formula is C12H24O2. The Morgan fingerprint density at radius 3 is 2.79 bits per heavy atom. The molecule has 3 atom stereocenters. The minimum absolute atomic E-state index is 0.232. The minimum atomic E-state index is -0.232. The van der Waals surface area contributed by atoms with Crippen LogP contribution in [-0.4, -0.2) is 24.4 Å². The Hall–Kier alpha value is -0.0800. The van der Waals surface area contributed by atoms with E-state index >= 15 is 0 Å². The predicted molar refractivity (Wildman–Crippen MR) is 58.2 cm³/mol. The van der Waals surface area contributed by atoms with Crippen molar-refractivity contribution < 1.29 is 9.84 Å². The molecular weight excluding hydrogens is 176 g/mol. The predicted octanol–water partition coefficient (Wildman–Crippen LogP) is 2.60. The van der Waals surface area contributed by atoms with Crippen molar-refractivity contribution in [1.82, 2.24) is 0 Å². The average Bonchev–Trinajstić information content (AvgIpc) is 2.26. The first kappa shape index (κ1) is 12.0. The molecule has 0 aromatic heterocycles. The maximum Gasteiger partial charge on any atom is 0.0801 e. The van der Waals surface area contributed by atoms with Crippen molar-refractivity contribution in [1.29, 1.82) is 0 Å². The molecule has 0 aliphatic heterocycles. The van der Waals surface area contributed by atoms with Gasteiger partial charge >= 0.3 is 0 Å². The zero-order valence-corrected chi connectivity index (χ0v) is 9.54. The first-order valence-corrected chi connectivity index (χ1v) is 6.03. The molecule has 0 aromatic rings. The van der Waals surface area contributed by atoms with Crippen LogP contribution in [0.25, 0.3) is 0 Å². The van der Waals surface area contributed by atoms with Gasteiger partial charge in [0.15, 0.2) is 0 Å².